The second-order valence-electron chi connectivity index (χ2n) is 10.8. The molecule has 6 rings (SSSR count). The molecular weight excluding hydrogens is 480 g/mol. The molecule has 0 radical (unpaired) electrons. The number of benzene rings is 2. The summed E-state index contributed by atoms with van der Waals surface area (Å²) in [4.78, 5) is 19.8. The number of methoxy groups -OCH3 is 1. The zero-order valence-corrected chi connectivity index (χ0v) is 22.5. The van der Waals surface area contributed by atoms with Crippen LogP contribution in [0, 0.1) is 0 Å². The lowest BCUT2D eigenvalue weighted by Crippen LogP contribution is -2.45. The van der Waals surface area contributed by atoms with E-state index in [9.17, 15) is 9.90 Å². The summed E-state index contributed by atoms with van der Waals surface area (Å²) in [5.74, 6) is 0.679. The van der Waals surface area contributed by atoms with Gasteiger partial charge in [-0.1, -0.05) is 19.1 Å². The van der Waals surface area contributed by atoms with E-state index < -0.39 is 0 Å². The van der Waals surface area contributed by atoms with Crippen molar-refractivity contribution in [2.75, 3.05) is 62.1 Å². The number of piperidine rings is 1. The smallest absolute Gasteiger partial charge is 0.254 e. The van der Waals surface area contributed by atoms with Crippen molar-refractivity contribution < 1.29 is 14.6 Å². The van der Waals surface area contributed by atoms with Gasteiger partial charge in [0, 0.05) is 50.2 Å². The second kappa shape index (κ2) is 9.71. The maximum absolute atomic E-state index is 13.4. The van der Waals surface area contributed by atoms with E-state index in [-0.39, 0.29) is 30.8 Å². The van der Waals surface area contributed by atoms with Crippen LogP contribution in [-0.2, 0) is 0 Å². The van der Waals surface area contributed by atoms with Crippen molar-refractivity contribution in [3.05, 3.63) is 47.7 Å². The highest BCUT2D eigenvalue weighted by atomic mass is 16.5. The summed E-state index contributed by atoms with van der Waals surface area (Å²) in [6.45, 7) is 5.15. The van der Waals surface area contributed by atoms with Gasteiger partial charge in [-0.2, -0.15) is 0 Å². The minimum absolute atomic E-state index is 0.00247. The molecule has 3 aromatic rings. The number of aromatic nitrogens is 1. The number of hydrogen-bond acceptors (Lipinski definition) is 7. The minimum Gasteiger partial charge on any atom is -0.494 e. The van der Waals surface area contributed by atoms with Crippen molar-refractivity contribution >= 4 is 33.9 Å². The van der Waals surface area contributed by atoms with Crippen molar-refractivity contribution in [2.45, 2.75) is 44.4 Å². The van der Waals surface area contributed by atoms with Gasteiger partial charge < -0.3 is 40.2 Å². The second-order valence-corrected chi connectivity index (χ2v) is 10.8. The Kier molecular flexibility index (Phi) is 6.36. The molecule has 3 aliphatic rings. The number of rotatable bonds is 6. The lowest BCUT2D eigenvalue weighted by atomic mass is 10.0. The SMILES string of the molecule is CCC1CN(CCO)c2cccc3cc(C4Nc5cc(C(=O)N6CCCC(N)C6)cc(OC)c5N4C)n1c23. The summed E-state index contributed by atoms with van der Waals surface area (Å²) in [5, 5.41) is 14.6. The molecule has 3 atom stereocenters. The van der Waals surface area contributed by atoms with Crippen LogP contribution >= 0.6 is 0 Å². The largest absolute Gasteiger partial charge is 0.494 e. The number of ether oxygens (including phenoxy) is 1. The number of amides is 1. The molecule has 0 aliphatic carbocycles. The molecule has 202 valence electrons. The van der Waals surface area contributed by atoms with Gasteiger partial charge in [0.2, 0.25) is 0 Å². The average Bonchev–Trinajstić information content (AvgIpc) is 3.48. The van der Waals surface area contributed by atoms with Gasteiger partial charge in [-0.3, -0.25) is 4.79 Å². The molecule has 9 nitrogen and oxygen atoms in total. The molecule has 0 spiro atoms. The molecule has 1 amide bonds. The van der Waals surface area contributed by atoms with E-state index in [2.05, 4.69) is 57.9 Å². The number of β-amino-alcohol motifs (C(OH)–C–C–N with tert-alkyl or cyclic N) is 1. The fourth-order valence-electron chi connectivity index (χ4n) is 6.61. The summed E-state index contributed by atoms with van der Waals surface area (Å²) in [5.41, 5.74) is 12.2. The van der Waals surface area contributed by atoms with Crippen molar-refractivity contribution in [1.82, 2.24) is 9.47 Å². The highest BCUT2D eigenvalue weighted by Crippen LogP contribution is 2.49. The topological polar surface area (TPSA) is 99.2 Å². The molecule has 3 aliphatic heterocycles. The molecule has 2 aromatic carbocycles. The van der Waals surface area contributed by atoms with Crippen molar-refractivity contribution in [1.29, 1.82) is 0 Å². The standard InChI is InChI=1S/C29H38N6O3/c1-4-21-17-33(11-12-36)23-9-5-7-18-14-24(35(21)26(18)23)28-31-22-13-19(15-25(38-3)27(22)32(28)2)29(37)34-10-6-8-20(30)16-34/h5,7,9,13-15,20-21,28,31,36H,4,6,8,10-12,16-17,30H2,1-3H3. The lowest BCUT2D eigenvalue weighted by molar-refractivity contribution is 0.0708. The van der Waals surface area contributed by atoms with Crippen molar-refractivity contribution in [2.24, 2.45) is 5.73 Å². The van der Waals surface area contributed by atoms with Crippen LogP contribution in [0.3, 0.4) is 0 Å². The van der Waals surface area contributed by atoms with Gasteiger partial charge in [-0.25, -0.2) is 0 Å². The molecule has 9 heteroatoms. The molecule has 1 fully saturated rings. The Balaban J connectivity index is 1.40. The quantitative estimate of drug-likeness (QED) is 0.459. The fraction of sp³-hybridized carbons (Fsp3) is 0.483. The van der Waals surface area contributed by atoms with Crippen molar-refractivity contribution in [3.8, 4) is 5.75 Å². The Bertz CT molecular complexity index is 1370. The van der Waals surface area contributed by atoms with Crippen LogP contribution < -0.4 is 25.6 Å². The number of anilines is 3. The number of aliphatic hydroxyl groups excluding tert-OH is 1. The van der Waals surface area contributed by atoms with Gasteiger partial charge in [0.1, 0.15) is 17.6 Å². The first-order valence-electron chi connectivity index (χ1n) is 13.7. The molecule has 0 saturated carbocycles. The predicted molar refractivity (Wildman–Crippen MR) is 151 cm³/mol. The Morgan fingerprint density at radius 2 is 2.08 bits per heavy atom. The molecule has 4 heterocycles. The van der Waals surface area contributed by atoms with Gasteiger partial charge in [0.25, 0.3) is 5.91 Å². The van der Waals surface area contributed by atoms with Gasteiger partial charge >= 0.3 is 0 Å². The summed E-state index contributed by atoms with van der Waals surface area (Å²) in [6, 6.07) is 12.8. The van der Waals surface area contributed by atoms with E-state index >= 15 is 0 Å². The first-order chi connectivity index (χ1) is 18.4. The van der Waals surface area contributed by atoms with Gasteiger partial charge in [0.05, 0.1) is 42.3 Å². The van der Waals surface area contributed by atoms with Crippen molar-refractivity contribution in [3.63, 3.8) is 0 Å². The van der Waals surface area contributed by atoms with E-state index in [0.717, 1.165) is 49.4 Å². The number of nitrogens with two attached hydrogens (primary N) is 1. The fourth-order valence-corrected chi connectivity index (χ4v) is 6.61. The van der Waals surface area contributed by atoms with E-state index in [1.54, 1.807) is 7.11 Å². The molecule has 38 heavy (non-hydrogen) atoms. The summed E-state index contributed by atoms with van der Waals surface area (Å²) < 4.78 is 8.30. The van der Waals surface area contributed by atoms with Crippen LogP contribution in [0.25, 0.3) is 10.9 Å². The lowest BCUT2D eigenvalue weighted by Gasteiger charge is -2.37. The zero-order valence-electron chi connectivity index (χ0n) is 22.5. The maximum Gasteiger partial charge on any atom is 0.254 e. The number of nitrogens with zero attached hydrogens (tertiary/aromatic N) is 4. The predicted octanol–water partition coefficient (Wildman–Crippen LogP) is 3.54. The number of nitrogens with one attached hydrogen (secondary N) is 1. The Morgan fingerprint density at radius 1 is 1.24 bits per heavy atom. The number of aliphatic hydroxyl groups is 1. The van der Waals surface area contributed by atoms with Crippen LogP contribution in [0.15, 0.2) is 36.4 Å². The number of likely N-dealkylation sites (tertiary alicyclic amines) is 1. The number of hydrogen-bond donors (Lipinski definition) is 3. The van der Waals surface area contributed by atoms with Crippen LogP contribution in [-0.4, -0.2) is 73.5 Å². The van der Waals surface area contributed by atoms with E-state index in [0.29, 0.717) is 24.4 Å². The molecule has 1 saturated heterocycles. The monoisotopic (exact) mass is 518 g/mol. The van der Waals surface area contributed by atoms with Gasteiger partial charge in [-0.15, -0.1) is 0 Å². The zero-order chi connectivity index (χ0) is 26.6. The Hall–Kier alpha value is -3.43. The molecule has 0 bridgehead atoms. The van der Waals surface area contributed by atoms with E-state index in [1.165, 1.54) is 16.6 Å². The number of para-hydroxylation sites is 1. The highest BCUT2D eigenvalue weighted by Gasteiger charge is 2.37. The number of carbonyl (C=O) groups is 1. The minimum atomic E-state index is -0.119. The molecule has 3 unspecified atom stereocenters. The Labute approximate surface area is 223 Å². The van der Waals surface area contributed by atoms with Crippen LogP contribution in [0.4, 0.5) is 17.1 Å². The van der Waals surface area contributed by atoms with E-state index in [4.69, 9.17) is 10.5 Å². The number of fused-ring (bicyclic) bond motifs is 1. The molecule has 4 N–H and O–H groups in total. The van der Waals surface area contributed by atoms with E-state index in [1.807, 2.05) is 17.0 Å². The maximum atomic E-state index is 13.4. The molecule has 1 aromatic heterocycles. The van der Waals surface area contributed by atoms with Crippen LogP contribution in [0.2, 0.25) is 0 Å². The first kappa shape index (κ1) is 24.9. The number of carbonyl (C=O) groups excluding carboxylic acids is 1. The first-order valence-corrected chi connectivity index (χ1v) is 13.7. The third-order valence-corrected chi connectivity index (χ3v) is 8.45. The third-order valence-electron chi connectivity index (χ3n) is 8.45. The summed E-state index contributed by atoms with van der Waals surface area (Å²) in [6.07, 6.45) is 2.75. The Morgan fingerprint density at radius 3 is 2.82 bits per heavy atom. The van der Waals surface area contributed by atoms with Gasteiger partial charge in [0.15, 0.2) is 0 Å². The van der Waals surface area contributed by atoms with Crippen LogP contribution in [0.5, 0.6) is 5.75 Å². The summed E-state index contributed by atoms with van der Waals surface area (Å²) in [7, 11) is 3.73. The normalized spacial score (nSPS) is 22.6. The van der Waals surface area contributed by atoms with Gasteiger partial charge in [-0.05, 0) is 43.5 Å². The summed E-state index contributed by atoms with van der Waals surface area (Å²) >= 11 is 0. The van der Waals surface area contributed by atoms with Crippen LogP contribution in [0.1, 0.15) is 54.4 Å². The highest BCUT2D eigenvalue weighted by molar-refractivity contribution is 5.99. The molecular formula is C29H38N6O3. The third kappa shape index (κ3) is 3.87. The average molecular weight is 519 g/mol.